The molecule has 0 aliphatic rings. The molecule has 0 radical (unpaired) electrons. The second kappa shape index (κ2) is 7.22. The number of benzene rings is 2. The number of nitrogens with one attached hydrogen (secondary N) is 1. The number of nitrogens with zero attached hydrogens (tertiary/aromatic N) is 5. The van der Waals surface area contributed by atoms with Crippen LogP contribution in [-0.4, -0.2) is 52.9 Å². The summed E-state index contributed by atoms with van der Waals surface area (Å²) in [6.45, 7) is 0. The van der Waals surface area contributed by atoms with Crippen molar-refractivity contribution in [3.05, 3.63) is 48.3 Å². The van der Waals surface area contributed by atoms with Crippen LogP contribution >= 0.6 is 11.3 Å². The van der Waals surface area contributed by atoms with Gasteiger partial charge in [-0.3, -0.25) is 10.1 Å². The average Bonchev–Trinajstić information content (AvgIpc) is 3.33. The Labute approximate surface area is 169 Å². The normalized spacial score (nSPS) is 11.5. The van der Waals surface area contributed by atoms with Crippen molar-refractivity contribution in [2.75, 3.05) is 18.7 Å². The number of methoxy groups -OCH3 is 1. The smallest absolute Gasteiger partial charge is 0.299 e. The largest absolute Gasteiger partial charge is 0.497 e. The quantitative estimate of drug-likeness (QED) is 0.508. The Bertz CT molecular complexity index is 1310. The lowest BCUT2D eigenvalue weighted by atomic mass is 10.3. The zero-order valence-corrected chi connectivity index (χ0v) is 16.9. The van der Waals surface area contributed by atoms with Gasteiger partial charge in [-0.1, -0.05) is 11.3 Å². The van der Waals surface area contributed by atoms with Gasteiger partial charge in [-0.05, 0) is 47.7 Å². The van der Waals surface area contributed by atoms with E-state index in [2.05, 4.69) is 25.7 Å². The van der Waals surface area contributed by atoms with Gasteiger partial charge in [0.1, 0.15) is 5.75 Å². The monoisotopic (exact) mass is 430 g/mol. The zero-order chi connectivity index (χ0) is 20.6. The minimum atomic E-state index is -3.33. The van der Waals surface area contributed by atoms with Crippen LogP contribution in [0.1, 0.15) is 10.6 Å². The number of carbonyl (C=O) groups excluding carboxylic acids is 1. The third-order valence-electron chi connectivity index (χ3n) is 3.93. The number of anilines is 1. The fourth-order valence-corrected chi connectivity index (χ4v) is 4.09. The Morgan fingerprint density at radius 3 is 2.62 bits per heavy atom. The van der Waals surface area contributed by atoms with E-state index in [0.717, 1.165) is 17.6 Å². The molecule has 0 bridgehead atoms. The van der Waals surface area contributed by atoms with Crippen molar-refractivity contribution in [2.24, 2.45) is 0 Å². The zero-order valence-electron chi connectivity index (χ0n) is 15.2. The first-order chi connectivity index (χ1) is 13.8. The summed E-state index contributed by atoms with van der Waals surface area (Å²) in [5, 5.41) is 14.6. The first kappa shape index (κ1) is 19.0. The van der Waals surface area contributed by atoms with Crippen LogP contribution in [0.15, 0.2) is 47.4 Å². The number of tetrazole rings is 1. The van der Waals surface area contributed by atoms with Gasteiger partial charge in [0.05, 0.1) is 27.9 Å². The van der Waals surface area contributed by atoms with Crippen LogP contribution in [0.5, 0.6) is 5.75 Å². The number of sulfone groups is 1. The molecule has 1 amide bonds. The predicted octanol–water partition coefficient (Wildman–Crippen LogP) is 1.94. The lowest BCUT2D eigenvalue weighted by Gasteiger charge is -2.00. The van der Waals surface area contributed by atoms with E-state index >= 15 is 0 Å². The predicted molar refractivity (Wildman–Crippen MR) is 106 cm³/mol. The van der Waals surface area contributed by atoms with Gasteiger partial charge in [-0.2, -0.15) is 0 Å². The Balaban J connectivity index is 1.54. The van der Waals surface area contributed by atoms with Gasteiger partial charge in [-0.25, -0.2) is 13.4 Å². The number of aromatic nitrogens is 5. The number of ether oxygens (including phenoxy) is 1. The topological polar surface area (TPSA) is 129 Å². The second-order valence-electron chi connectivity index (χ2n) is 5.98. The molecular formula is C17H14N6O4S2. The number of amides is 1. The number of hydrogen-bond donors (Lipinski definition) is 1. The van der Waals surface area contributed by atoms with Gasteiger partial charge in [-0.15, -0.1) is 15.0 Å². The number of fused-ring (bicyclic) bond motifs is 1. The van der Waals surface area contributed by atoms with E-state index in [1.165, 1.54) is 16.9 Å². The maximum Gasteiger partial charge on any atom is 0.299 e. The summed E-state index contributed by atoms with van der Waals surface area (Å²) in [6.07, 6.45) is 1.13. The fourth-order valence-electron chi connectivity index (χ4n) is 2.47. The molecule has 0 saturated heterocycles. The Hall–Kier alpha value is -3.38. The minimum absolute atomic E-state index is 0.128. The van der Waals surface area contributed by atoms with Gasteiger partial charge in [0.2, 0.25) is 0 Å². The number of thiazole rings is 1. The Morgan fingerprint density at radius 2 is 1.93 bits per heavy atom. The summed E-state index contributed by atoms with van der Waals surface area (Å²) >= 11 is 1.15. The van der Waals surface area contributed by atoms with E-state index < -0.39 is 15.7 Å². The Kier molecular flexibility index (Phi) is 4.72. The third-order valence-corrected chi connectivity index (χ3v) is 5.97. The first-order valence-electron chi connectivity index (χ1n) is 8.20. The molecule has 12 heteroatoms. The highest BCUT2D eigenvalue weighted by Gasteiger charge is 2.17. The van der Waals surface area contributed by atoms with Crippen LogP contribution in [0.4, 0.5) is 5.13 Å². The van der Waals surface area contributed by atoms with Crippen LogP contribution in [-0.2, 0) is 9.84 Å². The van der Waals surface area contributed by atoms with Crippen LogP contribution in [0.25, 0.3) is 15.9 Å². The molecule has 10 nitrogen and oxygen atoms in total. The van der Waals surface area contributed by atoms with Crippen LogP contribution in [0.2, 0.25) is 0 Å². The molecule has 0 unspecified atom stereocenters. The number of rotatable bonds is 5. The highest BCUT2D eigenvalue weighted by Crippen LogP contribution is 2.28. The molecule has 4 rings (SSSR count). The molecule has 0 spiro atoms. The maximum absolute atomic E-state index is 12.4. The van der Waals surface area contributed by atoms with Crippen molar-refractivity contribution in [1.82, 2.24) is 25.2 Å². The second-order valence-corrected chi connectivity index (χ2v) is 9.02. The molecule has 0 atom stereocenters. The van der Waals surface area contributed by atoms with Gasteiger partial charge in [0, 0.05) is 6.26 Å². The first-order valence-corrected chi connectivity index (χ1v) is 10.9. The van der Waals surface area contributed by atoms with Crippen molar-refractivity contribution < 1.29 is 17.9 Å². The minimum Gasteiger partial charge on any atom is -0.497 e. The van der Waals surface area contributed by atoms with Crippen molar-refractivity contribution in [3.8, 4) is 11.4 Å². The Morgan fingerprint density at radius 1 is 1.17 bits per heavy atom. The SMILES string of the molecule is COc1ccc(-n2nnc(C(=O)Nc3nc4ccc(S(C)(=O)=O)cc4s3)n2)cc1. The van der Waals surface area contributed by atoms with E-state index in [-0.39, 0.29) is 10.7 Å². The van der Waals surface area contributed by atoms with Crippen molar-refractivity contribution in [1.29, 1.82) is 0 Å². The molecule has 29 heavy (non-hydrogen) atoms. The highest BCUT2D eigenvalue weighted by atomic mass is 32.2. The lowest BCUT2D eigenvalue weighted by Crippen LogP contribution is -2.14. The van der Waals surface area contributed by atoms with Gasteiger partial charge in [0.15, 0.2) is 15.0 Å². The maximum atomic E-state index is 12.4. The van der Waals surface area contributed by atoms with Gasteiger partial charge < -0.3 is 4.74 Å². The highest BCUT2D eigenvalue weighted by molar-refractivity contribution is 7.90. The molecule has 2 aromatic heterocycles. The summed E-state index contributed by atoms with van der Waals surface area (Å²) in [4.78, 5) is 18.1. The van der Waals surface area contributed by atoms with Crippen molar-refractivity contribution >= 4 is 42.4 Å². The molecule has 2 aromatic carbocycles. The fraction of sp³-hybridized carbons (Fsp3) is 0.118. The van der Waals surface area contributed by atoms with Crippen LogP contribution in [0, 0.1) is 0 Å². The molecular weight excluding hydrogens is 416 g/mol. The van der Waals surface area contributed by atoms with E-state index in [0.29, 0.717) is 26.8 Å². The number of hydrogen-bond acceptors (Lipinski definition) is 9. The lowest BCUT2D eigenvalue weighted by molar-refractivity contribution is 0.101. The van der Waals surface area contributed by atoms with Crippen LogP contribution < -0.4 is 10.1 Å². The molecule has 0 saturated carbocycles. The molecule has 0 aliphatic carbocycles. The van der Waals surface area contributed by atoms with Crippen molar-refractivity contribution in [3.63, 3.8) is 0 Å². The molecule has 2 heterocycles. The van der Waals surface area contributed by atoms with E-state index in [9.17, 15) is 13.2 Å². The summed E-state index contributed by atoms with van der Waals surface area (Å²) in [5.41, 5.74) is 1.19. The molecule has 148 valence electrons. The average molecular weight is 430 g/mol. The third kappa shape index (κ3) is 3.93. The van der Waals surface area contributed by atoms with Crippen molar-refractivity contribution in [2.45, 2.75) is 4.90 Å². The summed E-state index contributed by atoms with van der Waals surface area (Å²) < 4.78 is 29.1. The van der Waals surface area contributed by atoms with E-state index in [1.807, 2.05) is 0 Å². The molecule has 0 fully saturated rings. The van der Waals surface area contributed by atoms with Gasteiger partial charge >= 0.3 is 0 Å². The molecule has 0 aliphatic heterocycles. The van der Waals surface area contributed by atoms with E-state index in [1.54, 1.807) is 37.4 Å². The van der Waals surface area contributed by atoms with E-state index in [4.69, 9.17) is 4.74 Å². The summed E-state index contributed by atoms with van der Waals surface area (Å²) in [5.74, 6) is -0.0225. The molecule has 4 aromatic rings. The summed E-state index contributed by atoms with van der Waals surface area (Å²) in [7, 11) is -1.76. The number of carbonyl (C=O) groups is 1. The standard InChI is InChI=1S/C17H14N6O4S2/c1-27-11-5-3-10(4-6-11)23-21-15(20-22-23)16(24)19-17-18-13-8-7-12(29(2,25)26)9-14(13)28-17/h3-9H,1-2H3,(H,18,19,24). The van der Waals surface area contributed by atoms with Gasteiger partial charge in [0.25, 0.3) is 11.7 Å². The molecule has 1 N–H and O–H groups in total. The van der Waals surface area contributed by atoms with Crippen LogP contribution in [0.3, 0.4) is 0 Å². The summed E-state index contributed by atoms with van der Waals surface area (Å²) in [6, 6.07) is 11.5.